The molecule has 2 aromatic carbocycles. The molecule has 10 heteroatoms. The summed E-state index contributed by atoms with van der Waals surface area (Å²) in [5.74, 6) is -0.842. The molecule has 0 bridgehead atoms. The highest BCUT2D eigenvalue weighted by molar-refractivity contribution is 7.22. The third-order valence-corrected chi connectivity index (χ3v) is 6.70. The van der Waals surface area contributed by atoms with E-state index in [1.807, 2.05) is 36.4 Å². The fourth-order valence-corrected chi connectivity index (χ4v) is 4.87. The summed E-state index contributed by atoms with van der Waals surface area (Å²) >= 11 is 2.48. The van der Waals surface area contributed by atoms with Crippen molar-refractivity contribution in [1.29, 1.82) is 0 Å². The van der Waals surface area contributed by atoms with Gasteiger partial charge in [0.05, 0.1) is 18.4 Å². The van der Waals surface area contributed by atoms with E-state index in [1.54, 1.807) is 0 Å². The first kappa shape index (κ1) is 20.2. The molecule has 5 rings (SSSR count). The predicted octanol–water partition coefficient (Wildman–Crippen LogP) is 4.42. The Morgan fingerprint density at radius 1 is 1.03 bits per heavy atom. The monoisotopic (exact) mass is 463 g/mol. The molecule has 0 saturated carbocycles. The molecule has 0 unspecified atom stereocenters. The zero-order valence-corrected chi connectivity index (χ0v) is 18.0. The molecule has 0 aliphatic rings. The lowest BCUT2D eigenvalue weighted by Crippen LogP contribution is -2.20. The summed E-state index contributed by atoms with van der Waals surface area (Å²) in [6.07, 6.45) is 1.48. The maximum atomic E-state index is 13.0. The van der Waals surface area contributed by atoms with Crippen LogP contribution >= 0.6 is 22.7 Å². The van der Waals surface area contributed by atoms with Crippen LogP contribution in [0.15, 0.2) is 71.8 Å². The van der Waals surface area contributed by atoms with Crippen LogP contribution in [0.2, 0.25) is 0 Å². The van der Waals surface area contributed by atoms with Crippen molar-refractivity contribution in [3.63, 3.8) is 0 Å². The van der Waals surface area contributed by atoms with Gasteiger partial charge in [0.1, 0.15) is 15.5 Å². The van der Waals surface area contributed by atoms with Crippen LogP contribution in [0.25, 0.3) is 20.7 Å². The van der Waals surface area contributed by atoms with Gasteiger partial charge in [-0.25, -0.2) is 9.37 Å². The van der Waals surface area contributed by atoms with Gasteiger partial charge in [-0.1, -0.05) is 41.7 Å². The normalized spacial score (nSPS) is 11.0. The minimum atomic E-state index is -0.452. The van der Waals surface area contributed by atoms with Gasteiger partial charge in [-0.3, -0.25) is 14.2 Å². The quantitative estimate of drug-likeness (QED) is 0.417. The summed E-state index contributed by atoms with van der Waals surface area (Å²) in [5.41, 5.74) is 1.95. The number of amides is 1. The van der Waals surface area contributed by atoms with Crippen LogP contribution in [0.5, 0.6) is 0 Å². The predicted molar refractivity (Wildman–Crippen MR) is 123 cm³/mol. The first-order valence-electron chi connectivity index (χ1n) is 9.50. The summed E-state index contributed by atoms with van der Waals surface area (Å²) in [6.45, 7) is 0.155. The maximum Gasteiger partial charge on any atom is 0.286 e. The summed E-state index contributed by atoms with van der Waals surface area (Å²) < 4.78 is 15.0. The molecule has 0 fully saturated rings. The van der Waals surface area contributed by atoms with Gasteiger partial charge in [-0.15, -0.1) is 21.5 Å². The molecule has 3 aromatic heterocycles. The van der Waals surface area contributed by atoms with E-state index in [9.17, 15) is 14.0 Å². The molecule has 0 atom stereocenters. The second-order valence-corrected chi connectivity index (χ2v) is 8.94. The number of thiophene rings is 1. The lowest BCUT2D eigenvalue weighted by Gasteiger charge is -2.02. The third kappa shape index (κ3) is 4.05. The van der Waals surface area contributed by atoms with E-state index in [-0.39, 0.29) is 22.9 Å². The highest BCUT2D eigenvalue weighted by Crippen LogP contribution is 2.30. The summed E-state index contributed by atoms with van der Waals surface area (Å²) in [6, 6.07) is 17.2. The Bertz CT molecular complexity index is 1480. The van der Waals surface area contributed by atoms with Crippen molar-refractivity contribution < 1.29 is 9.18 Å². The zero-order valence-electron chi connectivity index (χ0n) is 16.4. The van der Waals surface area contributed by atoms with Gasteiger partial charge in [0.15, 0.2) is 0 Å². The number of carbonyl (C=O) groups is 1. The fraction of sp³-hybridized carbons (Fsp3) is 0.0455. The zero-order chi connectivity index (χ0) is 22.1. The Morgan fingerprint density at radius 3 is 2.59 bits per heavy atom. The number of carbonyl (C=O) groups excluding carboxylic acids is 1. The number of hydrogen-bond donors (Lipinski definition) is 1. The van der Waals surface area contributed by atoms with Gasteiger partial charge in [-0.2, -0.15) is 0 Å². The third-order valence-electron chi connectivity index (χ3n) is 4.63. The van der Waals surface area contributed by atoms with Gasteiger partial charge in [0.2, 0.25) is 5.01 Å². The number of benzene rings is 2. The highest BCUT2D eigenvalue weighted by Gasteiger charge is 2.15. The lowest BCUT2D eigenvalue weighted by atomic mass is 10.2. The number of fused-ring (bicyclic) bond motifs is 1. The molecule has 0 radical (unpaired) electrons. The molecular formula is C22H14FN5O2S2. The smallest absolute Gasteiger partial charge is 0.286 e. The van der Waals surface area contributed by atoms with E-state index in [0.29, 0.717) is 20.9 Å². The van der Waals surface area contributed by atoms with Crippen LogP contribution in [-0.2, 0) is 6.54 Å². The lowest BCUT2D eigenvalue weighted by molar-refractivity contribution is 0.102. The van der Waals surface area contributed by atoms with E-state index in [1.165, 1.54) is 46.5 Å². The molecule has 32 heavy (non-hydrogen) atoms. The Hall–Kier alpha value is -3.76. The van der Waals surface area contributed by atoms with E-state index in [2.05, 4.69) is 20.5 Å². The highest BCUT2D eigenvalue weighted by atomic mass is 32.1. The van der Waals surface area contributed by atoms with Crippen molar-refractivity contribution in [3.05, 3.63) is 93.2 Å². The molecule has 1 N–H and O–H groups in total. The van der Waals surface area contributed by atoms with Crippen LogP contribution in [0, 0.1) is 5.82 Å². The summed E-state index contributed by atoms with van der Waals surface area (Å²) in [5, 5.41) is 11.2. The van der Waals surface area contributed by atoms with Crippen molar-refractivity contribution >= 4 is 44.5 Å². The molecule has 0 aliphatic heterocycles. The van der Waals surface area contributed by atoms with E-state index in [4.69, 9.17) is 0 Å². The summed E-state index contributed by atoms with van der Waals surface area (Å²) in [4.78, 5) is 30.7. The molecule has 0 saturated heterocycles. The van der Waals surface area contributed by atoms with Crippen molar-refractivity contribution in [1.82, 2.24) is 19.7 Å². The van der Waals surface area contributed by atoms with Crippen LogP contribution < -0.4 is 10.9 Å². The Kier molecular flexibility index (Phi) is 5.29. The Morgan fingerprint density at radius 2 is 1.81 bits per heavy atom. The van der Waals surface area contributed by atoms with E-state index < -0.39 is 5.91 Å². The Balaban J connectivity index is 1.36. The molecule has 0 spiro atoms. The van der Waals surface area contributed by atoms with Crippen LogP contribution in [0.1, 0.15) is 14.8 Å². The van der Waals surface area contributed by atoms with E-state index >= 15 is 0 Å². The van der Waals surface area contributed by atoms with Crippen molar-refractivity contribution in [2.45, 2.75) is 6.54 Å². The van der Waals surface area contributed by atoms with Gasteiger partial charge in [0.25, 0.3) is 11.5 Å². The number of aromatic nitrogens is 4. The second kappa shape index (κ2) is 8.40. The SMILES string of the molecule is O=C(Nc1ccc(F)cc1)c1nnc(Cn2cnc3cc(-c4ccccc4)sc3c2=O)s1. The fourth-order valence-electron chi connectivity index (χ4n) is 3.08. The Labute approximate surface area is 188 Å². The average Bonchev–Trinajstić information content (AvgIpc) is 3.46. The van der Waals surface area contributed by atoms with Crippen LogP contribution in [0.3, 0.4) is 0 Å². The van der Waals surface area contributed by atoms with Gasteiger partial charge >= 0.3 is 0 Å². The molecular weight excluding hydrogens is 449 g/mol. The van der Waals surface area contributed by atoms with E-state index in [0.717, 1.165) is 21.8 Å². The summed E-state index contributed by atoms with van der Waals surface area (Å²) in [7, 11) is 0. The number of halogens is 1. The largest absolute Gasteiger partial charge is 0.320 e. The molecule has 5 aromatic rings. The number of nitrogens with zero attached hydrogens (tertiary/aromatic N) is 4. The van der Waals surface area contributed by atoms with Gasteiger partial charge in [0, 0.05) is 10.6 Å². The van der Waals surface area contributed by atoms with Gasteiger partial charge < -0.3 is 5.32 Å². The minimum Gasteiger partial charge on any atom is -0.320 e. The van der Waals surface area contributed by atoms with Gasteiger partial charge in [-0.05, 0) is 35.9 Å². The van der Waals surface area contributed by atoms with Crippen LogP contribution in [-0.4, -0.2) is 25.7 Å². The number of rotatable bonds is 5. The van der Waals surface area contributed by atoms with Crippen LogP contribution in [0.4, 0.5) is 10.1 Å². The number of hydrogen-bond acceptors (Lipinski definition) is 7. The molecule has 158 valence electrons. The molecule has 7 nitrogen and oxygen atoms in total. The molecule has 1 amide bonds. The van der Waals surface area contributed by atoms with Crippen molar-refractivity contribution in [3.8, 4) is 10.4 Å². The average molecular weight is 464 g/mol. The first-order chi connectivity index (χ1) is 15.6. The molecule has 0 aliphatic carbocycles. The van der Waals surface area contributed by atoms with Crippen molar-refractivity contribution in [2.75, 3.05) is 5.32 Å². The minimum absolute atomic E-state index is 0.147. The number of anilines is 1. The number of nitrogens with one attached hydrogen (secondary N) is 1. The first-order valence-corrected chi connectivity index (χ1v) is 11.1. The maximum absolute atomic E-state index is 13.0. The standard InChI is InChI=1S/C22H14FN5O2S2/c23-14-6-8-15(9-7-14)25-20(29)21-27-26-18(32-21)11-28-12-24-16-10-17(31-19(16)22(28)30)13-4-2-1-3-5-13/h1-10,12H,11H2,(H,25,29). The van der Waals surface area contributed by atoms with Crippen molar-refractivity contribution in [2.24, 2.45) is 0 Å². The second-order valence-electron chi connectivity index (χ2n) is 6.83. The molecule has 3 heterocycles. The topological polar surface area (TPSA) is 89.8 Å².